The van der Waals surface area contributed by atoms with Gasteiger partial charge in [-0.15, -0.1) is 0 Å². The highest BCUT2D eigenvalue weighted by Gasteiger charge is 2.42. The van der Waals surface area contributed by atoms with E-state index in [2.05, 4.69) is 70.3 Å². The van der Waals surface area contributed by atoms with Gasteiger partial charge in [0.2, 0.25) is 0 Å². The predicted octanol–water partition coefficient (Wildman–Crippen LogP) is 7.21. The first-order valence-electron chi connectivity index (χ1n) is 9.41. The fourth-order valence-electron chi connectivity index (χ4n) is 4.41. The van der Waals surface area contributed by atoms with E-state index < -0.39 is 0 Å². The first kappa shape index (κ1) is 18.9. The minimum atomic E-state index is 0.105. The molecule has 1 saturated carbocycles. The molecule has 0 spiro atoms. The molecule has 4 unspecified atom stereocenters. The molecule has 0 nitrogen and oxygen atoms in total. The quantitative estimate of drug-likeness (QED) is 0.145. The topological polar surface area (TPSA) is 0 Å². The van der Waals surface area contributed by atoms with Gasteiger partial charge in [-0.2, -0.15) is 0 Å². The predicted molar refractivity (Wildman–Crippen MR) is 122 cm³/mol. The molecule has 1 fully saturated rings. The van der Waals surface area contributed by atoms with Gasteiger partial charge in [0.05, 0.1) is 0 Å². The third-order valence-corrected chi connectivity index (χ3v) is 10.6. The number of fused-ring (bicyclic) bond motifs is 3. The Bertz CT molecular complexity index is 516. The van der Waals surface area contributed by atoms with Crippen LogP contribution in [0.25, 0.3) is 0 Å². The summed E-state index contributed by atoms with van der Waals surface area (Å²) < 4.78 is 2.37. The molecular weight excluding hydrogens is 525 g/mol. The largest absolute Gasteiger partial charge is 0.0826 e. The van der Waals surface area contributed by atoms with Crippen LogP contribution in [0.3, 0.4) is 0 Å². The van der Waals surface area contributed by atoms with Crippen molar-refractivity contribution in [3.8, 4) is 0 Å². The summed E-state index contributed by atoms with van der Waals surface area (Å²) in [6, 6.07) is 7.36. The second-order valence-corrected chi connectivity index (χ2v) is 12.8. The molecule has 0 radical (unpaired) electrons. The molecule has 1 aliphatic carbocycles. The molecule has 3 heteroatoms. The number of benzene rings is 1. The van der Waals surface area contributed by atoms with Gasteiger partial charge in [-0.25, -0.2) is 0 Å². The maximum Gasteiger partial charge on any atom is 0.0136 e. The van der Waals surface area contributed by atoms with Gasteiger partial charge in [0, 0.05) is 7.49 Å². The zero-order chi connectivity index (χ0) is 16.2. The van der Waals surface area contributed by atoms with E-state index in [-0.39, 0.29) is 7.92 Å². The smallest absolute Gasteiger partial charge is 0.0136 e. The number of alkyl halides is 1. The maximum absolute atomic E-state index is 2.72. The Balaban J connectivity index is 1.66. The second kappa shape index (κ2) is 9.16. The standard InChI is InChI=1S/C20H29I2P/c1-2-3-4-5-6-7-12-23-19-13-15(21)8-10-17(19)18-11-9-16(22)14-20(18)23/h8,10,13,16,18,20H,2-7,9,11-12,14H2,1H3. The Morgan fingerprint density at radius 1 is 1.09 bits per heavy atom. The first-order valence-corrected chi connectivity index (χ1v) is 13.3. The number of hydrogen-bond acceptors (Lipinski definition) is 0. The average molecular weight is 554 g/mol. The lowest BCUT2D eigenvalue weighted by molar-refractivity contribution is 0.478. The molecule has 2 aliphatic rings. The van der Waals surface area contributed by atoms with Crippen molar-refractivity contribution < 1.29 is 0 Å². The van der Waals surface area contributed by atoms with Gasteiger partial charge in [-0.05, 0) is 89.0 Å². The van der Waals surface area contributed by atoms with Crippen molar-refractivity contribution in [2.45, 2.75) is 80.2 Å². The number of rotatable bonds is 7. The fraction of sp³-hybridized carbons (Fsp3) is 0.700. The van der Waals surface area contributed by atoms with Crippen molar-refractivity contribution in [3.05, 3.63) is 27.3 Å². The molecule has 0 bridgehead atoms. The fourth-order valence-corrected chi connectivity index (χ4v) is 10.1. The monoisotopic (exact) mass is 554 g/mol. The van der Waals surface area contributed by atoms with E-state index in [9.17, 15) is 0 Å². The molecule has 0 amide bonds. The Labute approximate surface area is 171 Å². The molecule has 0 N–H and O–H groups in total. The molecule has 1 aromatic carbocycles. The summed E-state index contributed by atoms with van der Waals surface area (Å²) in [6.45, 7) is 2.31. The van der Waals surface area contributed by atoms with Gasteiger partial charge >= 0.3 is 0 Å². The van der Waals surface area contributed by atoms with Gasteiger partial charge in [0.1, 0.15) is 0 Å². The highest BCUT2D eigenvalue weighted by molar-refractivity contribution is 14.1. The van der Waals surface area contributed by atoms with Crippen LogP contribution >= 0.6 is 53.1 Å². The van der Waals surface area contributed by atoms with Crippen molar-refractivity contribution in [3.63, 3.8) is 0 Å². The average Bonchev–Trinajstić information content (AvgIpc) is 2.83. The number of unbranched alkanes of at least 4 members (excludes halogenated alkanes) is 5. The van der Waals surface area contributed by atoms with Crippen LogP contribution in [-0.2, 0) is 0 Å². The van der Waals surface area contributed by atoms with Crippen molar-refractivity contribution in [2.75, 3.05) is 6.16 Å². The Morgan fingerprint density at radius 2 is 1.87 bits per heavy atom. The van der Waals surface area contributed by atoms with E-state index in [1.54, 1.807) is 10.9 Å². The van der Waals surface area contributed by atoms with Crippen LogP contribution in [0.1, 0.15) is 76.2 Å². The summed E-state index contributed by atoms with van der Waals surface area (Å²) in [5, 5.41) is 1.79. The summed E-state index contributed by atoms with van der Waals surface area (Å²) in [4.78, 5) is 0. The van der Waals surface area contributed by atoms with Crippen LogP contribution < -0.4 is 5.30 Å². The highest BCUT2D eigenvalue weighted by atomic mass is 127. The molecular formula is C20H29I2P. The van der Waals surface area contributed by atoms with Crippen LogP contribution in [0.15, 0.2) is 18.2 Å². The minimum absolute atomic E-state index is 0.105. The third-order valence-electron chi connectivity index (χ3n) is 5.61. The van der Waals surface area contributed by atoms with Crippen LogP contribution in [-0.4, -0.2) is 15.7 Å². The summed E-state index contributed by atoms with van der Waals surface area (Å²) in [5.41, 5.74) is 2.75. The van der Waals surface area contributed by atoms with Gasteiger partial charge < -0.3 is 0 Å². The van der Waals surface area contributed by atoms with Gasteiger partial charge in [0.15, 0.2) is 0 Å². The van der Waals surface area contributed by atoms with Crippen molar-refractivity contribution in [1.82, 2.24) is 0 Å². The van der Waals surface area contributed by atoms with E-state index in [0.29, 0.717) is 0 Å². The summed E-state index contributed by atoms with van der Waals surface area (Å²) in [5.74, 6) is 0.902. The van der Waals surface area contributed by atoms with E-state index >= 15 is 0 Å². The Morgan fingerprint density at radius 3 is 2.70 bits per heavy atom. The molecule has 1 aromatic rings. The van der Waals surface area contributed by atoms with Crippen LogP contribution in [0.2, 0.25) is 0 Å². The van der Waals surface area contributed by atoms with Crippen LogP contribution in [0.5, 0.6) is 0 Å². The SMILES string of the molecule is CCCCCCCCP1c2cc(I)ccc2C2CCC(I)CC21. The normalized spacial score (nSPS) is 29.3. The minimum Gasteiger partial charge on any atom is -0.0826 e. The van der Waals surface area contributed by atoms with Gasteiger partial charge in [-0.3, -0.25) is 0 Å². The maximum atomic E-state index is 2.72. The van der Waals surface area contributed by atoms with E-state index in [1.165, 1.54) is 67.5 Å². The van der Waals surface area contributed by atoms with E-state index in [1.807, 2.05) is 0 Å². The van der Waals surface area contributed by atoms with Crippen molar-refractivity contribution >= 4 is 58.4 Å². The lowest BCUT2D eigenvalue weighted by Crippen LogP contribution is -2.23. The van der Waals surface area contributed by atoms with E-state index in [0.717, 1.165) is 15.5 Å². The van der Waals surface area contributed by atoms with Crippen LogP contribution in [0, 0.1) is 3.57 Å². The molecule has 4 atom stereocenters. The summed E-state index contributed by atoms with van der Waals surface area (Å²) in [6.07, 6.45) is 14.5. The van der Waals surface area contributed by atoms with Crippen molar-refractivity contribution in [2.24, 2.45) is 0 Å². The zero-order valence-electron chi connectivity index (χ0n) is 14.2. The summed E-state index contributed by atoms with van der Waals surface area (Å²) in [7, 11) is 0.105. The third kappa shape index (κ3) is 4.64. The molecule has 3 rings (SSSR count). The summed E-state index contributed by atoms with van der Waals surface area (Å²) >= 11 is 5.23. The Kier molecular flexibility index (Phi) is 7.53. The van der Waals surface area contributed by atoms with Crippen LogP contribution in [0.4, 0.5) is 0 Å². The molecule has 1 aliphatic heterocycles. The van der Waals surface area contributed by atoms with E-state index in [4.69, 9.17) is 0 Å². The second-order valence-electron chi connectivity index (χ2n) is 7.25. The van der Waals surface area contributed by atoms with Crippen molar-refractivity contribution in [1.29, 1.82) is 0 Å². The number of halogens is 2. The zero-order valence-corrected chi connectivity index (χ0v) is 19.4. The highest BCUT2D eigenvalue weighted by Crippen LogP contribution is 2.60. The van der Waals surface area contributed by atoms with Gasteiger partial charge in [0.25, 0.3) is 0 Å². The molecule has 23 heavy (non-hydrogen) atoms. The van der Waals surface area contributed by atoms with Gasteiger partial charge in [-0.1, -0.05) is 75.6 Å². The molecule has 0 saturated heterocycles. The lowest BCUT2D eigenvalue weighted by atomic mass is 9.84. The number of hydrogen-bond donors (Lipinski definition) is 0. The molecule has 0 aromatic heterocycles. The lowest BCUT2D eigenvalue weighted by Gasteiger charge is -2.33. The molecule has 1 heterocycles. The molecule has 128 valence electrons. The first-order chi connectivity index (χ1) is 11.2. The Hall–Kier alpha value is 1.11.